The predicted octanol–water partition coefficient (Wildman–Crippen LogP) is -0.960. The summed E-state index contributed by atoms with van der Waals surface area (Å²) in [5.74, 6) is 2.15. The number of tetrazole rings is 1. The Morgan fingerprint density at radius 1 is 1.26 bits per heavy atom. The highest BCUT2D eigenvalue weighted by atomic mass is 16.5. The molecule has 27 heavy (non-hydrogen) atoms. The fraction of sp³-hybridized carbons (Fsp3) is 0.750. The number of aromatic nitrogens is 7. The molecule has 0 aromatic carbocycles. The number of nitrogens with zero attached hydrogens (tertiary/aromatic N) is 9. The first-order chi connectivity index (χ1) is 13.2. The Bertz CT molecular complexity index is 754. The lowest BCUT2D eigenvalue weighted by Crippen LogP contribution is -2.41. The van der Waals surface area contributed by atoms with Crippen LogP contribution in [-0.2, 0) is 29.7 Å². The van der Waals surface area contributed by atoms with Crippen molar-refractivity contribution < 1.29 is 9.53 Å². The van der Waals surface area contributed by atoms with Crippen LogP contribution in [0.5, 0.6) is 0 Å². The number of piperidine rings is 1. The smallest absolute Gasteiger partial charge is 0.244 e. The largest absolute Gasteiger partial charge is 0.379 e. The van der Waals surface area contributed by atoms with Crippen molar-refractivity contribution in [2.45, 2.75) is 31.8 Å². The highest BCUT2D eigenvalue weighted by molar-refractivity contribution is 5.76. The molecule has 1 amide bonds. The first kappa shape index (κ1) is 18.0. The molecule has 2 aliphatic heterocycles. The molecule has 0 aliphatic carbocycles. The highest BCUT2D eigenvalue weighted by Crippen LogP contribution is 2.26. The molecule has 11 heteroatoms. The topological polar surface area (TPSA) is 107 Å². The molecule has 11 nitrogen and oxygen atoms in total. The summed E-state index contributed by atoms with van der Waals surface area (Å²) in [5.41, 5.74) is 0. The van der Waals surface area contributed by atoms with Crippen molar-refractivity contribution in [3.05, 3.63) is 18.0 Å². The average molecular weight is 375 g/mol. The lowest BCUT2D eigenvalue weighted by atomic mass is 9.97. The van der Waals surface area contributed by atoms with Crippen molar-refractivity contribution in [1.29, 1.82) is 0 Å². The fourth-order valence-electron chi connectivity index (χ4n) is 3.73. The molecule has 146 valence electrons. The van der Waals surface area contributed by atoms with Gasteiger partial charge in [0, 0.05) is 39.1 Å². The van der Waals surface area contributed by atoms with Crippen molar-refractivity contribution in [3.8, 4) is 0 Å². The van der Waals surface area contributed by atoms with E-state index in [4.69, 9.17) is 4.74 Å². The number of carbonyl (C=O) groups is 1. The normalized spacial score (nSPS) is 21.5. The number of carbonyl (C=O) groups excluding carboxylic acids is 1. The Hall–Kier alpha value is -2.40. The van der Waals surface area contributed by atoms with E-state index in [1.807, 2.05) is 11.9 Å². The van der Waals surface area contributed by atoms with Gasteiger partial charge in [-0.1, -0.05) is 0 Å². The van der Waals surface area contributed by atoms with Crippen LogP contribution in [0.15, 0.2) is 6.33 Å². The summed E-state index contributed by atoms with van der Waals surface area (Å²) in [4.78, 5) is 16.8. The molecule has 0 spiro atoms. The predicted molar refractivity (Wildman–Crippen MR) is 93.5 cm³/mol. The van der Waals surface area contributed by atoms with E-state index >= 15 is 0 Å². The zero-order chi connectivity index (χ0) is 18.6. The van der Waals surface area contributed by atoms with Gasteiger partial charge in [0.15, 0.2) is 0 Å². The van der Waals surface area contributed by atoms with Crippen LogP contribution in [0.4, 0.5) is 0 Å². The molecular weight excluding hydrogens is 350 g/mol. The summed E-state index contributed by atoms with van der Waals surface area (Å²) in [6.45, 7) is 5.75. The van der Waals surface area contributed by atoms with Crippen LogP contribution < -0.4 is 0 Å². The molecule has 1 atom stereocenters. The number of amides is 1. The van der Waals surface area contributed by atoms with E-state index in [1.165, 1.54) is 11.0 Å². The number of morpholine rings is 1. The zero-order valence-electron chi connectivity index (χ0n) is 15.6. The number of likely N-dealkylation sites (tertiary alicyclic amines) is 1. The van der Waals surface area contributed by atoms with E-state index in [2.05, 4.69) is 35.2 Å². The Kier molecular flexibility index (Phi) is 5.39. The minimum Gasteiger partial charge on any atom is -0.379 e. The van der Waals surface area contributed by atoms with Crippen LogP contribution >= 0.6 is 0 Å². The third kappa shape index (κ3) is 4.14. The van der Waals surface area contributed by atoms with Crippen LogP contribution in [-0.4, -0.2) is 90.1 Å². The molecule has 0 bridgehead atoms. The quantitative estimate of drug-likeness (QED) is 0.658. The molecule has 2 aromatic rings. The van der Waals surface area contributed by atoms with Gasteiger partial charge in [0.1, 0.15) is 24.5 Å². The molecular formula is C16H25N9O2. The van der Waals surface area contributed by atoms with Gasteiger partial charge in [-0.25, -0.2) is 4.68 Å². The zero-order valence-corrected chi connectivity index (χ0v) is 15.6. The summed E-state index contributed by atoms with van der Waals surface area (Å²) in [6.07, 6.45) is 3.43. The Morgan fingerprint density at radius 3 is 2.89 bits per heavy atom. The molecule has 2 aromatic heterocycles. The lowest BCUT2D eigenvalue weighted by molar-refractivity contribution is -0.133. The second-order valence-corrected chi connectivity index (χ2v) is 7.11. The molecule has 1 unspecified atom stereocenters. The molecule has 4 rings (SSSR count). The first-order valence-corrected chi connectivity index (χ1v) is 9.37. The summed E-state index contributed by atoms with van der Waals surface area (Å²) >= 11 is 0. The van der Waals surface area contributed by atoms with E-state index in [1.54, 1.807) is 0 Å². The van der Waals surface area contributed by atoms with Gasteiger partial charge in [-0.3, -0.25) is 9.69 Å². The van der Waals surface area contributed by atoms with Crippen LogP contribution in [0.3, 0.4) is 0 Å². The van der Waals surface area contributed by atoms with E-state index < -0.39 is 0 Å². The highest BCUT2D eigenvalue weighted by Gasteiger charge is 2.29. The molecule has 2 aliphatic rings. The van der Waals surface area contributed by atoms with E-state index in [0.29, 0.717) is 6.54 Å². The van der Waals surface area contributed by atoms with Gasteiger partial charge in [0.25, 0.3) is 0 Å². The fourth-order valence-corrected chi connectivity index (χ4v) is 3.73. The van der Waals surface area contributed by atoms with Crippen molar-refractivity contribution in [2.24, 2.45) is 7.05 Å². The first-order valence-electron chi connectivity index (χ1n) is 9.37. The van der Waals surface area contributed by atoms with Crippen molar-refractivity contribution in [3.63, 3.8) is 0 Å². The number of hydrogen-bond acceptors (Lipinski definition) is 8. The third-order valence-corrected chi connectivity index (χ3v) is 5.30. The molecule has 2 fully saturated rings. The van der Waals surface area contributed by atoms with Crippen molar-refractivity contribution in [2.75, 3.05) is 39.4 Å². The van der Waals surface area contributed by atoms with Gasteiger partial charge < -0.3 is 14.2 Å². The summed E-state index contributed by atoms with van der Waals surface area (Å²) in [6, 6.07) is 0. The van der Waals surface area contributed by atoms with Crippen LogP contribution in [0.1, 0.15) is 30.4 Å². The van der Waals surface area contributed by atoms with Crippen molar-refractivity contribution in [1.82, 2.24) is 44.8 Å². The second kappa shape index (κ2) is 8.09. The SMILES string of the molecule is Cn1c(CN2CCOCC2)nnc1C1CCCN(C(=O)Cn2cnnn2)C1. The van der Waals surface area contributed by atoms with Gasteiger partial charge in [-0.15, -0.1) is 15.3 Å². The van der Waals surface area contributed by atoms with Gasteiger partial charge in [-0.05, 0) is 23.3 Å². The van der Waals surface area contributed by atoms with Gasteiger partial charge >= 0.3 is 0 Å². The molecule has 4 heterocycles. The Morgan fingerprint density at radius 2 is 2.11 bits per heavy atom. The molecule has 0 N–H and O–H groups in total. The third-order valence-electron chi connectivity index (χ3n) is 5.30. The van der Waals surface area contributed by atoms with Crippen molar-refractivity contribution >= 4 is 5.91 Å². The standard InChI is InChI=1S/C16H25N9O2/c1-22-14(10-23-5-7-27-8-6-23)18-19-16(22)13-3-2-4-24(9-13)15(26)11-25-12-17-20-21-25/h12-13H,2-11H2,1H3. The van der Waals surface area contributed by atoms with Crippen LogP contribution in [0.25, 0.3) is 0 Å². The second-order valence-electron chi connectivity index (χ2n) is 7.11. The van der Waals surface area contributed by atoms with E-state index in [-0.39, 0.29) is 18.4 Å². The minimum atomic E-state index is 0.0303. The Balaban J connectivity index is 1.39. The van der Waals surface area contributed by atoms with Gasteiger partial charge in [0.05, 0.1) is 19.8 Å². The van der Waals surface area contributed by atoms with Gasteiger partial charge in [0.2, 0.25) is 5.91 Å². The number of hydrogen-bond donors (Lipinski definition) is 0. The maximum absolute atomic E-state index is 12.5. The number of rotatable bonds is 5. The minimum absolute atomic E-state index is 0.0303. The maximum atomic E-state index is 12.5. The average Bonchev–Trinajstić information content (AvgIpc) is 3.33. The molecule has 0 saturated carbocycles. The summed E-state index contributed by atoms with van der Waals surface area (Å²) < 4.78 is 8.95. The van der Waals surface area contributed by atoms with Crippen LogP contribution in [0, 0.1) is 0 Å². The van der Waals surface area contributed by atoms with E-state index in [9.17, 15) is 4.79 Å². The summed E-state index contributed by atoms with van der Waals surface area (Å²) in [7, 11) is 2.02. The monoisotopic (exact) mass is 375 g/mol. The number of ether oxygens (including phenoxy) is 1. The molecule has 0 radical (unpaired) electrons. The maximum Gasteiger partial charge on any atom is 0.244 e. The van der Waals surface area contributed by atoms with Crippen LogP contribution in [0.2, 0.25) is 0 Å². The lowest BCUT2D eigenvalue weighted by Gasteiger charge is -2.32. The van der Waals surface area contributed by atoms with Gasteiger partial charge in [-0.2, -0.15) is 0 Å². The van der Waals surface area contributed by atoms with E-state index in [0.717, 1.165) is 63.9 Å². The molecule has 2 saturated heterocycles. The Labute approximate surface area is 157 Å². The summed E-state index contributed by atoms with van der Waals surface area (Å²) in [5, 5.41) is 19.8.